The van der Waals surface area contributed by atoms with E-state index in [1.54, 1.807) is 0 Å². The maximum absolute atomic E-state index is 12.9. The minimum Gasteiger partial charge on any atom is -0.465 e. The Morgan fingerprint density at radius 1 is 1.09 bits per heavy atom. The lowest BCUT2D eigenvalue weighted by molar-refractivity contribution is -0.129. The van der Waals surface area contributed by atoms with Crippen molar-refractivity contribution in [2.45, 2.75) is 89.0 Å². The van der Waals surface area contributed by atoms with Crippen LogP contribution in [0.1, 0.15) is 65.4 Å². The first-order valence-corrected chi connectivity index (χ1v) is 11.1. The number of carboxylic acid groups (broad SMARTS) is 1. The molecule has 1 saturated heterocycles. The van der Waals surface area contributed by atoms with Crippen molar-refractivity contribution in [2.24, 2.45) is 0 Å². The summed E-state index contributed by atoms with van der Waals surface area (Å²) in [6, 6.07) is 8.95. The summed E-state index contributed by atoms with van der Waals surface area (Å²) >= 11 is 0. The van der Waals surface area contributed by atoms with Gasteiger partial charge in [-0.2, -0.15) is 5.26 Å². The zero-order valence-corrected chi connectivity index (χ0v) is 19.2. The fourth-order valence-corrected chi connectivity index (χ4v) is 4.22. The van der Waals surface area contributed by atoms with E-state index in [1.807, 2.05) is 52.0 Å². The summed E-state index contributed by atoms with van der Waals surface area (Å²) in [5.74, 6) is -0.431. The molecule has 1 heterocycles. The average molecular weight is 441 g/mol. The summed E-state index contributed by atoms with van der Waals surface area (Å²) in [4.78, 5) is 24.2. The molecule has 0 bridgehead atoms. The van der Waals surface area contributed by atoms with Crippen LogP contribution < -0.4 is 16.1 Å². The van der Waals surface area contributed by atoms with Crippen LogP contribution in [0.5, 0.6) is 0 Å². The number of carbonyl (C=O) groups excluding carboxylic acids is 1. The smallest absolute Gasteiger partial charge is 0.465 e. The lowest BCUT2D eigenvalue weighted by atomic mass is 9.78. The molecule has 0 aromatic heterocycles. The van der Waals surface area contributed by atoms with E-state index in [1.165, 1.54) is 0 Å². The van der Waals surface area contributed by atoms with Gasteiger partial charge in [0.15, 0.2) is 0 Å². The predicted octanol–water partition coefficient (Wildman–Crippen LogP) is 2.51. The number of carbonyl (C=O) groups is 2. The van der Waals surface area contributed by atoms with Gasteiger partial charge < -0.3 is 25.0 Å². The summed E-state index contributed by atoms with van der Waals surface area (Å²) in [5.41, 5.74) is -0.255. The topological polar surface area (TPSA) is 121 Å². The lowest BCUT2D eigenvalue weighted by Gasteiger charge is -2.36. The van der Waals surface area contributed by atoms with E-state index in [9.17, 15) is 20.0 Å². The van der Waals surface area contributed by atoms with Crippen LogP contribution in [0.15, 0.2) is 24.3 Å². The van der Waals surface area contributed by atoms with Crippen molar-refractivity contribution in [3.63, 3.8) is 0 Å². The zero-order chi connectivity index (χ0) is 23.6. The molecule has 1 atom stereocenters. The van der Waals surface area contributed by atoms with Crippen LogP contribution in [-0.2, 0) is 20.5 Å². The SMILES string of the molecule is CC1(C)OB(c2ccc(CC(C#N)NC(=O)C3(NC(=O)O)CCCCC3)cc2)OC1(C)C. The number of amides is 2. The Morgan fingerprint density at radius 3 is 2.16 bits per heavy atom. The highest BCUT2D eigenvalue weighted by molar-refractivity contribution is 6.62. The molecule has 1 aliphatic carbocycles. The zero-order valence-electron chi connectivity index (χ0n) is 19.2. The van der Waals surface area contributed by atoms with E-state index in [0.29, 0.717) is 19.3 Å². The minimum atomic E-state index is -1.23. The first kappa shape index (κ1) is 24.1. The highest BCUT2D eigenvalue weighted by Gasteiger charge is 2.51. The Hall–Kier alpha value is -2.57. The summed E-state index contributed by atoms with van der Waals surface area (Å²) < 4.78 is 12.1. The molecule has 1 unspecified atom stereocenters. The van der Waals surface area contributed by atoms with Gasteiger partial charge in [-0.25, -0.2) is 4.79 Å². The van der Waals surface area contributed by atoms with Crippen molar-refractivity contribution in [1.82, 2.24) is 10.6 Å². The molecule has 32 heavy (non-hydrogen) atoms. The molecule has 172 valence electrons. The number of nitriles is 1. The van der Waals surface area contributed by atoms with Crippen LogP contribution in [0.4, 0.5) is 4.79 Å². The van der Waals surface area contributed by atoms with Gasteiger partial charge in [-0.05, 0) is 51.6 Å². The quantitative estimate of drug-likeness (QED) is 0.584. The second kappa shape index (κ2) is 9.12. The summed E-state index contributed by atoms with van der Waals surface area (Å²) in [7, 11) is -0.464. The van der Waals surface area contributed by atoms with Gasteiger partial charge in [0.2, 0.25) is 5.91 Å². The average Bonchev–Trinajstić information content (AvgIpc) is 2.95. The van der Waals surface area contributed by atoms with Gasteiger partial charge in [-0.1, -0.05) is 43.5 Å². The normalized spacial score (nSPS) is 21.9. The van der Waals surface area contributed by atoms with E-state index in [0.717, 1.165) is 30.3 Å². The third kappa shape index (κ3) is 5.08. The molecule has 8 nitrogen and oxygen atoms in total. The summed E-state index contributed by atoms with van der Waals surface area (Å²) in [5, 5.41) is 24.0. The van der Waals surface area contributed by atoms with Crippen LogP contribution in [0.2, 0.25) is 0 Å². The molecule has 0 radical (unpaired) electrons. The van der Waals surface area contributed by atoms with Crippen molar-refractivity contribution in [2.75, 3.05) is 0 Å². The summed E-state index contributed by atoms with van der Waals surface area (Å²) in [6.07, 6.45) is 2.46. The minimum absolute atomic E-state index is 0.315. The van der Waals surface area contributed by atoms with Crippen molar-refractivity contribution in [1.29, 1.82) is 5.26 Å². The largest absolute Gasteiger partial charge is 0.494 e. The first-order chi connectivity index (χ1) is 15.0. The van der Waals surface area contributed by atoms with Gasteiger partial charge in [-0.15, -0.1) is 0 Å². The number of hydrogen-bond acceptors (Lipinski definition) is 5. The second-order valence-electron chi connectivity index (χ2n) is 9.76. The maximum Gasteiger partial charge on any atom is 0.494 e. The standard InChI is InChI=1S/C23H32BN3O5/c1-21(2)22(3,4)32-24(31-21)17-10-8-16(9-11-17)14-18(15-25)26-19(28)23(27-20(29)30)12-6-5-7-13-23/h8-11,18,27H,5-7,12-14H2,1-4H3,(H,26,28)(H,29,30). The highest BCUT2D eigenvalue weighted by atomic mass is 16.7. The Kier molecular flexibility index (Phi) is 6.87. The molecule has 3 rings (SSSR count). The molecule has 2 aliphatic rings. The Bertz CT molecular complexity index is 872. The van der Waals surface area contributed by atoms with Gasteiger partial charge >= 0.3 is 13.2 Å². The Balaban J connectivity index is 1.65. The Morgan fingerprint density at radius 2 is 1.66 bits per heavy atom. The number of hydrogen-bond donors (Lipinski definition) is 3. The third-order valence-corrected chi connectivity index (χ3v) is 6.89. The monoisotopic (exact) mass is 441 g/mol. The number of nitrogens with one attached hydrogen (secondary N) is 2. The van der Waals surface area contributed by atoms with Gasteiger partial charge in [0.05, 0.1) is 17.3 Å². The molecular formula is C23H32BN3O5. The second-order valence-corrected chi connectivity index (χ2v) is 9.76. The number of nitrogens with zero attached hydrogens (tertiary/aromatic N) is 1. The maximum atomic E-state index is 12.9. The van der Waals surface area contributed by atoms with Crippen LogP contribution in [0.3, 0.4) is 0 Å². The molecular weight excluding hydrogens is 409 g/mol. The van der Waals surface area contributed by atoms with Crippen LogP contribution in [-0.4, -0.2) is 47.0 Å². The van der Waals surface area contributed by atoms with Gasteiger partial charge in [0.1, 0.15) is 11.6 Å². The van der Waals surface area contributed by atoms with E-state index in [2.05, 4.69) is 16.7 Å². The van der Waals surface area contributed by atoms with E-state index < -0.39 is 41.9 Å². The highest BCUT2D eigenvalue weighted by Crippen LogP contribution is 2.36. The molecule has 1 saturated carbocycles. The van der Waals surface area contributed by atoms with E-state index >= 15 is 0 Å². The van der Waals surface area contributed by atoms with Crippen molar-refractivity contribution < 1.29 is 24.0 Å². The molecule has 2 amide bonds. The molecule has 3 N–H and O–H groups in total. The van der Waals surface area contributed by atoms with Gasteiger partial charge in [-0.3, -0.25) is 4.79 Å². The van der Waals surface area contributed by atoms with Crippen molar-refractivity contribution in [3.05, 3.63) is 29.8 Å². The summed E-state index contributed by atoms with van der Waals surface area (Å²) in [6.45, 7) is 8.00. The molecule has 1 aliphatic heterocycles. The third-order valence-electron chi connectivity index (χ3n) is 6.89. The fraction of sp³-hybridized carbons (Fsp3) is 0.609. The van der Waals surface area contributed by atoms with Crippen LogP contribution >= 0.6 is 0 Å². The fourth-order valence-electron chi connectivity index (χ4n) is 4.22. The van der Waals surface area contributed by atoms with Crippen molar-refractivity contribution >= 4 is 24.6 Å². The Labute approximate surface area is 189 Å². The van der Waals surface area contributed by atoms with Gasteiger partial charge in [0, 0.05) is 6.42 Å². The molecule has 2 fully saturated rings. The van der Waals surface area contributed by atoms with Crippen molar-refractivity contribution in [3.8, 4) is 6.07 Å². The van der Waals surface area contributed by atoms with E-state index in [-0.39, 0.29) is 0 Å². The molecule has 1 aromatic carbocycles. The predicted molar refractivity (Wildman–Crippen MR) is 120 cm³/mol. The number of benzene rings is 1. The molecule has 9 heteroatoms. The van der Waals surface area contributed by atoms with Crippen LogP contribution in [0.25, 0.3) is 0 Å². The number of rotatable bonds is 6. The molecule has 0 spiro atoms. The first-order valence-electron chi connectivity index (χ1n) is 11.1. The van der Waals surface area contributed by atoms with E-state index in [4.69, 9.17) is 9.31 Å². The lowest BCUT2D eigenvalue weighted by Crippen LogP contribution is -2.61. The van der Waals surface area contributed by atoms with Crippen LogP contribution in [0, 0.1) is 11.3 Å². The molecule has 1 aromatic rings. The van der Waals surface area contributed by atoms with Gasteiger partial charge in [0.25, 0.3) is 0 Å².